The van der Waals surface area contributed by atoms with Crippen LogP contribution in [0.1, 0.15) is 99.8 Å². The average Bonchev–Trinajstić information content (AvgIpc) is 3.59. The first-order valence-electron chi connectivity index (χ1n) is 20.6. The molecule has 0 radical (unpaired) electrons. The third kappa shape index (κ3) is 12.3. The number of rotatable bonds is 13. The van der Waals surface area contributed by atoms with E-state index >= 15 is 0 Å². The first kappa shape index (κ1) is 46.6. The highest BCUT2D eigenvalue weighted by Gasteiger charge is 2.56. The Kier molecular flexibility index (Phi) is 14.2. The van der Waals surface area contributed by atoms with E-state index in [9.17, 15) is 19.2 Å². The molecule has 0 amide bonds. The van der Waals surface area contributed by atoms with E-state index in [0.29, 0.717) is 30.5 Å². The summed E-state index contributed by atoms with van der Waals surface area (Å²) in [6.45, 7) is 20.1. The number of nitrogens with zero attached hydrogens (tertiary/aromatic N) is 2. The first-order valence-corrected chi connectivity index (χ1v) is 20.6. The van der Waals surface area contributed by atoms with E-state index in [1.54, 1.807) is 89.3 Å². The van der Waals surface area contributed by atoms with Crippen molar-refractivity contribution in [3.63, 3.8) is 0 Å². The summed E-state index contributed by atoms with van der Waals surface area (Å²) < 4.78 is 43.2. The molecule has 1 aliphatic rings. The van der Waals surface area contributed by atoms with E-state index in [2.05, 4.69) is 15.2 Å². The number of hydrogen-bond acceptors (Lipinski definition) is 13. The molecule has 3 heterocycles. The molecule has 14 heteroatoms. The molecular formula is C47H61N3O11. The summed E-state index contributed by atoms with van der Waals surface area (Å²) in [4.78, 5) is 58.6. The second kappa shape index (κ2) is 18.6. The van der Waals surface area contributed by atoms with E-state index in [1.807, 2.05) is 60.7 Å². The number of carbonyl (C=O) groups excluding carboxylic acids is 4. The first-order chi connectivity index (χ1) is 28.4. The topological polar surface area (TPSA) is 174 Å². The van der Waals surface area contributed by atoms with Crippen molar-refractivity contribution in [1.29, 1.82) is 0 Å². The Morgan fingerprint density at radius 2 is 1.20 bits per heavy atom. The van der Waals surface area contributed by atoms with Crippen LogP contribution in [0.15, 0.2) is 66.9 Å². The predicted octanol–water partition coefficient (Wildman–Crippen LogP) is 7.89. The number of carbonyl (C=O) groups is 4. The molecular weight excluding hydrogens is 783 g/mol. The van der Waals surface area contributed by atoms with Crippen molar-refractivity contribution in [3.8, 4) is 11.6 Å². The summed E-state index contributed by atoms with van der Waals surface area (Å²) >= 11 is 0. The fourth-order valence-corrected chi connectivity index (χ4v) is 5.95. The van der Waals surface area contributed by atoms with Gasteiger partial charge in [-0.25, -0.2) is 4.98 Å². The van der Waals surface area contributed by atoms with Crippen molar-refractivity contribution in [1.82, 2.24) is 15.2 Å². The van der Waals surface area contributed by atoms with E-state index < -0.39 is 82.8 Å². The summed E-state index contributed by atoms with van der Waals surface area (Å²) in [5.41, 5.74) is -0.531. The van der Waals surface area contributed by atoms with Crippen LogP contribution in [-0.4, -0.2) is 76.4 Å². The minimum atomic E-state index is -1.52. The van der Waals surface area contributed by atoms with Crippen LogP contribution in [-0.2, 0) is 62.3 Å². The summed E-state index contributed by atoms with van der Waals surface area (Å²) in [6, 6.07) is 19.7. The van der Waals surface area contributed by atoms with Gasteiger partial charge in [-0.2, -0.15) is 0 Å². The summed E-state index contributed by atoms with van der Waals surface area (Å²) in [6.07, 6.45) is -4.28. The lowest BCUT2D eigenvalue weighted by molar-refractivity contribution is -0.294. The van der Waals surface area contributed by atoms with Gasteiger partial charge in [-0.3, -0.25) is 24.3 Å². The molecule has 330 valence electrons. The van der Waals surface area contributed by atoms with Gasteiger partial charge in [-0.15, -0.1) is 5.10 Å². The van der Waals surface area contributed by atoms with Gasteiger partial charge in [0.2, 0.25) is 18.3 Å². The van der Waals surface area contributed by atoms with Gasteiger partial charge < -0.3 is 33.2 Å². The van der Waals surface area contributed by atoms with Gasteiger partial charge in [0.25, 0.3) is 0 Å². The zero-order valence-corrected chi connectivity index (χ0v) is 37.5. The van der Waals surface area contributed by atoms with Crippen LogP contribution >= 0.6 is 0 Å². The fourth-order valence-electron chi connectivity index (χ4n) is 5.95. The molecule has 0 bridgehead atoms. The number of ether oxygens (including phenoxy) is 7. The molecule has 1 saturated heterocycles. The minimum absolute atomic E-state index is 0.0704. The maximum atomic E-state index is 13.7. The number of benzene rings is 2. The third-order valence-electron chi connectivity index (χ3n) is 9.75. The number of pyridine rings is 1. The molecule has 1 unspecified atom stereocenters. The Morgan fingerprint density at radius 3 is 1.77 bits per heavy atom. The second-order valence-corrected chi connectivity index (χ2v) is 19.5. The van der Waals surface area contributed by atoms with Crippen LogP contribution in [0.3, 0.4) is 0 Å². The number of aryl methyl sites for hydroxylation is 2. The van der Waals surface area contributed by atoms with Crippen LogP contribution in [0.2, 0.25) is 0 Å². The summed E-state index contributed by atoms with van der Waals surface area (Å²) in [7, 11) is 0. The smallest absolute Gasteiger partial charge is 0.311 e. The Balaban J connectivity index is 1.50. The molecule has 0 spiro atoms. The lowest BCUT2D eigenvalue weighted by Gasteiger charge is -2.45. The predicted molar refractivity (Wildman–Crippen MR) is 226 cm³/mol. The van der Waals surface area contributed by atoms with Crippen molar-refractivity contribution in [2.24, 2.45) is 21.7 Å². The minimum Gasteiger partial charge on any atom is -0.489 e. The number of esters is 4. The van der Waals surface area contributed by atoms with Crippen molar-refractivity contribution < 1.29 is 52.3 Å². The number of hydrogen-bond donors (Lipinski definition) is 1. The largest absolute Gasteiger partial charge is 0.489 e. The molecule has 5 atom stereocenters. The average molecular weight is 844 g/mol. The Labute approximate surface area is 358 Å². The fraction of sp³-hybridized carbons (Fsp3) is 0.532. The molecule has 14 nitrogen and oxygen atoms in total. The van der Waals surface area contributed by atoms with E-state index in [0.717, 1.165) is 22.4 Å². The van der Waals surface area contributed by atoms with Crippen molar-refractivity contribution in [3.05, 3.63) is 83.6 Å². The molecule has 4 aromatic rings. The number of aromatic amines is 1. The van der Waals surface area contributed by atoms with Crippen molar-refractivity contribution in [2.45, 2.75) is 133 Å². The zero-order valence-electron chi connectivity index (χ0n) is 37.5. The number of aromatic nitrogens is 3. The highest BCUT2D eigenvalue weighted by atomic mass is 16.7. The molecule has 2 aromatic heterocycles. The number of nitrogens with one attached hydrogen (secondary N) is 1. The Hall–Kier alpha value is -5.50. The number of fused-ring (bicyclic) bond motifs is 1. The van der Waals surface area contributed by atoms with Crippen LogP contribution in [0.4, 0.5) is 0 Å². The van der Waals surface area contributed by atoms with Gasteiger partial charge >= 0.3 is 23.9 Å². The standard InChI is InChI=1S/C47H61N3O11/c1-44(2,3)40(51)56-27-32-34(58-41(52)45(4,5)6)35(59-42(53)46(7,8)9)36(60-43(54)47(10,11)12)39(57-32)61-38-33-30(24-25-48-37(33)49-50-38)21-18-28-19-22-31(23-20-28)55-26-29-16-14-13-15-17-29/h13-17,19-20,22-25,32,34-36,39H,18,21,26-27H2,1-12H3,(H,48,49,50)/t32-,34-,35+,36-,39?/m1/s1. The SMILES string of the molecule is CC(C)(C)C(=O)OC[C@H]1OC(Oc2n[nH]c3nccc(CCc4ccc(OCc5ccccc5)cc4)c23)[C@H](OC(=O)C(C)(C)C)[C@@H](OC(=O)C(C)(C)C)[C@@H]1OC(=O)C(C)(C)C. The van der Waals surface area contributed by atoms with Crippen molar-refractivity contribution >= 4 is 34.9 Å². The van der Waals surface area contributed by atoms with Gasteiger partial charge in [0.15, 0.2) is 17.9 Å². The van der Waals surface area contributed by atoms with E-state index in [-0.39, 0.29) is 5.88 Å². The van der Waals surface area contributed by atoms with Gasteiger partial charge in [-0.05, 0) is 131 Å². The zero-order chi connectivity index (χ0) is 44.9. The Morgan fingerprint density at radius 1 is 0.639 bits per heavy atom. The molecule has 0 saturated carbocycles. The lowest BCUT2D eigenvalue weighted by atomic mass is 9.93. The van der Waals surface area contributed by atoms with E-state index in [1.165, 1.54) is 0 Å². The lowest BCUT2D eigenvalue weighted by Crippen LogP contribution is -2.65. The molecule has 5 rings (SSSR count). The van der Waals surface area contributed by atoms with Crippen LogP contribution in [0.5, 0.6) is 11.6 Å². The van der Waals surface area contributed by atoms with E-state index in [4.69, 9.17) is 33.2 Å². The highest BCUT2D eigenvalue weighted by Crippen LogP contribution is 2.37. The maximum absolute atomic E-state index is 13.7. The molecule has 61 heavy (non-hydrogen) atoms. The van der Waals surface area contributed by atoms with Crippen LogP contribution < -0.4 is 9.47 Å². The van der Waals surface area contributed by atoms with Gasteiger partial charge in [0.1, 0.15) is 25.1 Å². The summed E-state index contributed by atoms with van der Waals surface area (Å²) in [5, 5.41) is 7.93. The third-order valence-corrected chi connectivity index (χ3v) is 9.75. The maximum Gasteiger partial charge on any atom is 0.311 e. The molecule has 1 aliphatic heterocycles. The normalized spacial score (nSPS) is 19.8. The molecule has 1 fully saturated rings. The monoisotopic (exact) mass is 843 g/mol. The Bertz CT molecular complexity index is 2140. The second-order valence-electron chi connectivity index (χ2n) is 19.5. The van der Waals surface area contributed by atoms with Gasteiger partial charge in [-0.1, -0.05) is 42.5 Å². The molecule has 0 aliphatic carbocycles. The highest BCUT2D eigenvalue weighted by molar-refractivity contribution is 5.84. The van der Waals surface area contributed by atoms with Crippen molar-refractivity contribution in [2.75, 3.05) is 6.61 Å². The molecule has 1 N–H and O–H groups in total. The van der Waals surface area contributed by atoms with Gasteiger partial charge in [0, 0.05) is 6.20 Å². The quantitative estimate of drug-likeness (QED) is 0.102. The number of H-pyrrole nitrogens is 1. The van der Waals surface area contributed by atoms with Crippen LogP contribution in [0.25, 0.3) is 11.0 Å². The molecule has 2 aromatic carbocycles. The van der Waals surface area contributed by atoms with Gasteiger partial charge in [0.05, 0.1) is 27.0 Å². The van der Waals surface area contributed by atoms with Crippen LogP contribution in [0, 0.1) is 21.7 Å². The summed E-state index contributed by atoms with van der Waals surface area (Å²) in [5.74, 6) is -1.73.